The van der Waals surface area contributed by atoms with Gasteiger partial charge in [-0.25, -0.2) is 4.68 Å². The molecular formula is C11H13N5O2. The molecule has 0 saturated heterocycles. The van der Waals surface area contributed by atoms with E-state index in [1.165, 1.54) is 12.1 Å². The number of nitrogens with zero attached hydrogens (tertiary/aromatic N) is 4. The highest BCUT2D eigenvalue weighted by molar-refractivity contribution is 5.43. The summed E-state index contributed by atoms with van der Waals surface area (Å²) in [5, 5.41) is 18.7. The zero-order chi connectivity index (χ0) is 13.1. The van der Waals surface area contributed by atoms with E-state index in [2.05, 4.69) is 10.3 Å². The van der Waals surface area contributed by atoms with Crippen molar-refractivity contribution in [3.63, 3.8) is 0 Å². The lowest BCUT2D eigenvalue weighted by molar-refractivity contribution is -0.384. The summed E-state index contributed by atoms with van der Waals surface area (Å²) in [6.07, 6.45) is 0.711. The summed E-state index contributed by atoms with van der Waals surface area (Å²) < 4.78 is 1.59. The van der Waals surface area contributed by atoms with Gasteiger partial charge in [0, 0.05) is 18.7 Å². The Morgan fingerprint density at radius 1 is 1.50 bits per heavy atom. The molecule has 7 heteroatoms. The fourth-order valence-electron chi connectivity index (χ4n) is 1.79. The van der Waals surface area contributed by atoms with Gasteiger partial charge >= 0.3 is 0 Å². The summed E-state index contributed by atoms with van der Waals surface area (Å²) in [4.78, 5) is 10.3. The Morgan fingerprint density at radius 2 is 2.28 bits per heavy atom. The molecule has 1 aromatic heterocycles. The molecule has 0 radical (unpaired) electrons. The van der Waals surface area contributed by atoms with E-state index in [0.29, 0.717) is 24.3 Å². The van der Waals surface area contributed by atoms with Crippen LogP contribution in [0.25, 0.3) is 5.69 Å². The second-order valence-electron chi connectivity index (χ2n) is 3.73. The van der Waals surface area contributed by atoms with Gasteiger partial charge in [0.1, 0.15) is 0 Å². The van der Waals surface area contributed by atoms with Crippen LogP contribution in [0.15, 0.2) is 24.3 Å². The van der Waals surface area contributed by atoms with Gasteiger partial charge in [-0.05, 0) is 12.5 Å². The van der Waals surface area contributed by atoms with Crippen LogP contribution in [0.4, 0.5) is 5.69 Å². The smallest absolute Gasteiger partial charge is 0.271 e. The summed E-state index contributed by atoms with van der Waals surface area (Å²) >= 11 is 0. The van der Waals surface area contributed by atoms with Crippen molar-refractivity contribution < 1.29 is 4.92 Å². The minimum atomic E-state index is -0.435. The molecule has 2 N–H and O–H groups in total. The molecule has 0 amide bonds. The van der Waals surface area contributed by atoms with Crippen LogP contribution in [-0.2, 0) is 13.0 Å². The summed E-state index contributed by atoms with van der Waals surface area (Å²) in [6.45, 7) is 2.27. The first-order chi connectivity index (χ1) is 8.67. The lowest BCUT2D eigenvalue weighted by atomic mass is 10.2. The van der Waals surface area contributed by atoms with Crippen molar-refractivity contribution in [1.29, 1.82) is 0 Å². The number of hydrogen-bond acceptors (Lipinski definition) is 5. The molecule has 0 fully saturated rings. The number of benzene rings is 1. The Kier molecular flexibility index (Phi) is 3.33. The van der Waals surface area contributed by atoms with E-state index in [1.54, 1.807) is 16.8 Å². The lowest BCUT2D eigenvalue weighted by Gasteiger charge is -2.05. The first kappa shape index (κ1) is 12.2. The maximum absolute atomic E-state index is 10.7. The van der Waals surface area contributed by atoms with Crippen molar-refractivity contribution in [2.75, 3.05) is 0 Å². The topological polar surface area (TPSA) is 99.9 Å². The third-order valence-electron chi connectivity index (χ3n) is 2.66. The Hall–Kier alpha value is -2.28. The third-order valence-corrected chi connectivity index (χ3v) is 2.66. The molecule has 18 heavy (non-hydrogen) atoms. The van der Waals surface area contributed by atoms with Crippen molar-refractivity contribution in [2.24, 2.45) is 5.73 Å². The van der Waals surface area contributed by atoms with E-state index in [1.807, 2.05) is 6.92 Å². The van der Waals surface area contributed by atoms with Crippen molar-refractivity contribution >= 4 is 5.69 Å². The maximum Gasteiger partial charge on any atom is 0.271 e. The molecule has 0 aliphatic carbocycles. The zero-order valence-electron chi connectivity index (χ0n) is 9.91. The highest BCUT2D eigenvalue weighted by Crippen LogP contribution is 2.18. The van der Waals surface area contributed by atoms with Crippen molar-refractivity contribution in [3.05, 3.63) is 45.8 Å². The molecule has 0 spiro atoms. The van der Waals surface area contributed by atoms with Crippen molar-refractivity contribution in [3.8, 4) is 5.69 Å². The predicted molar refractivity (Wildman–Crippen MR) is 65.3 cm³/mol. The largest absolute Gasteiger partial charge is 0.325 e. The molecule has 2 rings (SSSR count). The second kappa shape index (κ2) is 4.92. The maximum atomic E-state index is 10.7. The van der Waals surface area contributed by atoms with Gasteiger partial charge in [-0.1, -0.05) is 18.2 Å². The van der Waals surface area contributed by atoms with Gasteiger partial charge in [0.25, 0.3) is 5.69 Å². The van der Waals surface area contributed by atoms with Gasteiger partial charge in [0.05, 0.1) is 22.0 Å². The molecule has 94 valence electrons. The molecule has 0 atom stereocenters. The first-order valence-electron chi connectivity index (χ1n) is 5.55. The summed E-state index contributed by atoms with van der Waals surface area (Å²) in [5.74, 6) is 0. The highest BCUT2D eigenvalue weighted by Gasteiger charge is 2.13. The third kappa shape index (κ3) is 2.07. The van der Waals surface area contributed by atoms with E-state index in [-0.39, 0.29) is 5.69 Å². The van der Waals surface area contributed by atoms with E-state index < -0.39 is 4.92 Å². The number of rotatable bonds is 4. The quantitative estimate of drug-likeness (QED) is 0.646. The lowest BCUT2D eigenvalue weighted by Crippen LogP contribution is -2.05. The predicted octanol–water partition coefficient (Wildman–Crippen LogP) is 1.20. The van der Waals surface area contributed by atoms with Crippen molar-refractivity contribution in [2.45, 2.75) is 19.9 Å². The average molecular weight is 247 g/mol. The molecular weight excluding hydrogens is 234 g/mol. The van der Waals surface area contributed by atoms with E-state index >= 15 is 0 Å². The van der Waals surface area contributed by atoms with Gasteiger partial charge in [-0.3, -0.25) is 10.1 Å². The van der Waals surface area contributed by atoms with Crippen LogP contribution in [0.3, 0.4) is 0 Å². The molecule has 0 bridgehead atoms. The molecule has 0 aliphatic rings. The molecule has 0 aliphatic heterocycles. The van der Waals surface area contributed by atoms with Gasteiger partial charge in [0.2, 0.25) is 0 Å². The SMILES string of the molecule is CCc1c(CN)nnn1-c1cccc([N+](=O)[O-])c1. The summed E-state index contributed by atoms with van der Waals surface area (Å²) in [5.41, 5.74) is 7.80. The molecule has 7 nitrogen and oxygen atoms in total. The molecule has 0 saturated carbocycles. The van der Waals surface area contributed by atoms with Crippen LogP contribution in [0.5, 0.6) is 0 Å². The molecule has 1 heterocycles. The van der Waals surface area contributed by atoms with Gasteiger partial charge in [-0.15, -0.1) is 5.10 Å². The monoisotopic (exact) mass is 247 g/mol. The standard InChI is InChI=1S/C11H13N5O2/c1-2-11-10(7-12)13-14-15(11)8-4-3-5-9(6-8)16(17)18/h3-6H,2,7,12H2,1H3. The minimum absolute atomic E-state index is 0.0272. The van der Waals surface area contributed by atoms with E-state index in [4.69, 9.17) is 5.73 Å². The number of nitro benzene ring substituents is 1. The number of hydrogen-bond donors (Lipinski definition) is 1. The fourth-order valence-corrected chi connectivity index (χ4v) is 1.79. The van der Waals surface area contributed by atoms with Crippen LogP contribution in [0, 0.1) is 10.1 Å². The van der Waals surface area contributed by atoms with E-state index in [9.17, 15) is 10.1 Å². The van der Waals surface area contributed by atoms with Crippen LogP contribution in [0.1, 0.15) is 18.3 Å². The van der Waals surface area contributed by atoms with Gasteiger partial charge < -0.3 is 5.73 Å². The average Bonchev–Trinajstić information content (AvgIpc) is 2.81. The molecule has 0 unspecified atom stereocenters. The van der Waals surface area contributed by atoms with Crippen molar-refractivity contribution in [1.82, 2.24) is 15.0 Å². The molecule has 2 aromatic rings. The van der Waals surface area contributed by atoms with Crippen LogP contribution < -0.4 is 5.73 Å². The Labute approximate surface area is 103 Å². The number of nitro groups is 1. The zero-order valence-corrected chi connectivity index (χ0v) is 9.91. The summed E-state index contributed by atoms with van der Waals surface area (Å²) in [6, 6.07) is 6.28. The Bertz CT molecular complexity index is 579. The number of aromatic nitrogens is 3. The van der Waals surface area contributed by atoms with Crippen LogP contribution >= 0.6 is 0 Å². The second-order valence-corrected chi connectivity index (χ2v) is 3.73. The van der Waals surface area contributed by atoms with E-state index in [0.717, 1.165) is 5.69 Å². The summed E-state index contributed by atoms with van der Waals surface area (Å²) in [7, 11) is 0. The Balaban J connectivity index is 2.51. The van der Waals surface area contributed by atoms with Gasteiger partial charge in [0.15, 0.2) is 0 Å². The normalized spacial score (nSPS) is 10.6. The van der Waals surface area contributed by atoms with Gasteiger partial charge in [-0.2, -0.15) is 0 Å². The highest BCUT2D eigenvalue weighted by atomic mass is 16.6. The Morgan fingerprint density at radius 3 is 2.89 bits per heavy atom. The molecule has 1 aromatic carbocycles. The number of non-ortho nitro benzene ring substituents is 1. The fraction of sp³-hybridized carbons (Fsp3) is 0.273. The first-order valence-corrected chi connectivity index (χ1v) is 5.55. The van der Waals surface area contributed by atoms with Crippen LogP contribution in [0.2, 0.25) is 0 Å². The number of nitrogens with two attached hydrogens (primary N) is 1. The minimum Gasteiger partial charge on any atom is -0.325 e. The van der Waals surface area contributed by atoms with Crippen LogP contribution in [-0.4, -0.2) is 19.9 Å².